The maximum absolute atomic E-state index is 12.1. The minimum absolute atomic E-state index is 0.0982. The number of hydrogen-bond acceptors (Lipinski definition) is 3. The van der Waals surface area contributed by atoms with Crippen molar-refractivity contribution in [2.45, 2.75) is 20.8 Å². The van der Waals surface area contributed by atoms with Crippen molar-refractivity contribution >= 4 is 23.2 Å². The predicted octanol–water partition coefficient (Wildman–Crippen LogP) is 3.55. The SMILES string of the molecule is Cc1cc(NC(=O)c2ccccc2)c(O)cc1NC(=O)C(C)C. The van der Waals surface area contributed by atoms with Crippen LogP contribution in [-0.2, 0) is 4.79 Å². The normalized spacial score (nSPS) is 10.4. The molecule has 0 unspecified atom stereocenters. The van der Waals surface area contributed by atoms with Crippen molar-refractivity contribution in [1.29, 1.82) is 0 Å². The molecule has 2 rings (SSSR count). The zero-order valence-electron chi connectivity index (χ0n) is 13.4. The number of benzene rings is 2. The van der Waals surface area contributed by atoms with Crippen molar-refractivity contribution in [3.63, 3.8) is 0 Å². The van der Waals surface area contributed by atoms with Gasteiger partial charge in [0.05, 0.1) is 5.69 Å². The summed E-state index contributed by atoms with van der Waals surface area (Å²) in [6.07, 6.45) is 0. The number of carbonyl (C=O) groups is 2. The second-order valence-corrected chi connectivity index (χ2v) is 5.65. The van der Waals surface area contributed by atoms with Crippen LogP contribution in [0.15, 0.2) is 42.5 Å². The molecular weight excluding hydrogens is 292 g/mol. The Morgan fingerprint density at radius 1 is 1.00 bits per heavy atom. The van der Waals surface area contributed by atoms with Crippen LogP contribution < -0.4 is 10.6 Å². The lowest BCUT2D eigenvalue weighted by Crippen LogP contribution is -2.18. The van der Waals surface area contributed by atoms with Crippen LogP contribution in [0.4, 0.5) is 11.4 Å². The molecule has 0 aliphatic carbocycles. The van der Waals surface area contributed by atoms with E-state index in [0.29, 0.717) is 16.9 Å². The topological polar surface area (TPSA) is 78.4 Å². The van der Waals surface area contributed by atoms with Gasteiger partial charge in [-0.05, 0) is 30.7 Å². The van der Waals surface area contributed by atoms with Crippen LogP contribution in [0.3, 0.4) is 0 Å². The van der Waals surface area contributed by atoms with Crippen LogP contribution in [-0.4, -0.2) is 16.9 Å². The van der Waals surface area contributed by atoms with Crippen LogP contribution in [0.1, 0.15) is 29.8 Å². The molecule has 2 amide bonds. The van der Waals surface area contributed by atoms with Crippen LogP contribution in [0, 0.1) is 12.8 Å². The highest BCUT2D eigenvalue weighted by atomic mass is 16.3. The Labute approximate surface area is 135 Å². The van der Waals surface area contributed by atoms with Gasteiger partial charge in [-0.25, -0.2) is 0 Å². The number of rotatable bonds is 4. The van der Waals surface area contributed by atoms with E-state index in [1.165, 1.54) is 6.07 Å². The fourth-order valence-electron chi connectivity index (χ4n) is 1.99. The van der Waals surface area contributed by atoms with Crippen molar-refractivity contribution in [2.24, 2.45) is 5.92 Å². The fraction of sp³-hybridized carbons (Fsp3) is 0.222. The van der Waals surface area contributed by atoms with Crippen molar-refractivity contribution in [1.82, 2.24) is 0 Å². The van der Waals surface area contributed by atoms with Gasteiger partial charge in [-0.2, -0.15) is 0 Å². The van der Waals surface area contributed by atoms with Crippen LogP contribution in [0.5, 0.6) is 5.75 Å². The highest BCUT2D eigenvalue weighted by Crippen LogP contribution is 2.30. The van der Waals surface area contributed by atoms with Crippen LogP contribution >= 0.6 is 0 Å². The molecule has 0 atom stereocenters. The Kier molecular flexibility index (Phi) is 5.01. The summed E-state index contributed by atoms with van der Waals surface area (Å²) in [6, 6.07) is 11.8. The van der Waals surface area contributed by atoms with Gasteiger partial charge in [0.15, 0.2) is 0 Å². The molecule has 0 spiro atoms. The lowest BCUT2D eigenvalue weighted by atomic mass is 10.1. The van der Waals surface area contributed by atoms with Crippen molar-refractivity contribution in [3.8, 4) is 5.75 Å². The Morgan fingerprint density at radius 2 is 1.65 bits per heavy atom. The molecule has 5 heteroatoms. The summed E-state index contributed by atoms with van der Waals surface area (Å²) in [4.78, 5) is 23.9. The number of carbonyl (C=O) groups excluding carboxylic acids is 2. The van der Waals surface area contributed by atoms with Gasteiger partial charge in [-0.1, -0.05) is 32.0 Å². The van der Waals surface area contributed by atoms with E-state index >= 15 is 0 Å². The number of aryl methyl sites for hydroxylation is 1. The number of phenols is 1. The first-order chi connectivity index (χ1) is 10.9. The van der Waals surface area contributed by atoms with Gasteiger partial charge in [0, 0.05) is 23.2 Å². The molecule has 0 heterocycles. The summed E-state index contributed by atoms with van der Waals surface area (Å²) >= 11 is 0. The zero-order chi connectivity index (χ0) is 17.0. The summed E-state index contributed by atoms with van der Waals surface area (Å²) in [6.45, 7) is 5.38. The molecule has 3 N–H and O–H groups in total. The summed E-state index contributed by atoms with van der Waals surface area (Å²) in [5, 5.41) is 15.5. The zero-order valence-corrected chi connectivity index (χ0v) is 13.4. The predicted molar refractivity (Wildman–Crippen MR) is 90.7 cm³/mol. The maximum Gasteiger partial charge on any atom is 0.255 e. The fourth-order valence-corrected chi connectivity index (χ4v) is 1.99. The first-order valence-electron chi connectivity index (χ1n) is 7.39. The van der Waals surface area contributed by atoms with E-state index in [9.17, 15) is 14.7 Å². The third-order valence-electron chi connectivity index (χ3n) is 3.41. The summed E-state index contributed by atoms with van der Waals surface area (Å²) in [5.74, 6) is -0.694. The lowest BCUT2D eigenvalue weighted by Gasteiger charge is -2.14. The van der Waals surface area contributed by atoms with Gasteiger partial charge in [0.2, 0.25) is 5.91 Å². The van der Waals surface area contributed by atoms with Gasteiger partial charge in [0.1, 0.15) is 5.75 Å². The second kappa shape index (κ2) is 6.96. The molecule has 2 aromatic carbocycles. The molecule has 0 saturated heterocycles. The molecule has 23 heavy (non-hydrogen) atoms. The average molecular weight is 312 g/mol. The summed E-state index contributed by atoms with van der Waals surface area (Å²) in [7, 11) is 0. The monoisotopic (exact) mass is 312 g/mol. The second-order valence-electron chi connectivity index (χ2n) is 5.65. The van der Waals surface area contributed by atoms with E-state index in [1.54, 1.807) is 51.1 Å². The van der Waals surface area contributed by atoms with Gasteiger partial charge in [-0.3, -0.25) is 9.59 Å². The third-order valence-corrected chi connectivity index (χ3v) is 3.41. The van der Waals surface area contributed by atoms with Crippen molar-refractivity contribution < 1.29 is 14.7 Å². The molecule has 0 aliphatic rings. The lowest BCUT2D eigenvalue weighted by molar-refractivity contribution is -0.118. The Balaban J connectivity index is 2.20. The van der Waals surface area contributed by atoms with E-state index in [4.69, 9.17) is 0 Å². The smallest absolute Gasteiger partial charge is 0.255 e. The molecule has 0 saturated carbocycles. The van der Waals surface area contributed by atoms with E-state index in [1.807, 2.05) is 6.07 Å². The summed E-state index contributed by atoms with van der Waals surface area (Å²) < 4.78 is 0. The van der Waals surface area contributed by atoms with Gasteiger partial charge in [0.25, 0.3) is 5.91 Å². The molecule has 0 aliphatic heterocycles. The van der Waals surface area contributed by atoms with Crippen molar-refractivity contribution in [3.05, 3.63) is 53.6 Å². The molecule has 0 aromatic heterocycles. The largest absolute Gasteiger partial charge is 0.506 e. The van der Waals surface area contributed by atoms with E-state index in [0.717, 1.165) is 5.56 Å². The standard InChI is InChI=1S/C18H20N2O3/c1-11(2)17(22)19-14-10-16(21)15(9-12(14)3)20-18(23)13-7-5-4-6-8-13/h4-11,21H,1-3H3,(H,19,22)(H,20,23). The van der Waals surface area contributed by atoms with Crippen LogP contribution in [0.25, 0.3) is 0 Å². The molecule has 5 nitrogen and oxygen atoms in total. The Hall–Kier alpha value is -2.82. The molecule has 0 radical (unpaired) electrons. The summed E-state index contributed by atoms with van der Waals surface area (Å²) in [5.41, 5.74) is 2.08. The first kappa shape index (κ1) is 16.5. The molecule has 2 aromatic rings. The minimum Gasteiger partial charge on any atom is -0.506 e. The number of phenolic OH excluding ortho intramolecular Hbond substituents is 1. The number of hydrogen-bond donors (Lipinski definition) is 3. The number of amides is 2. The van der Waals surface area contributed by atoms with Crippen molar-refractivity contribution in [2.75, 3.05) is 10.6 Å². The molecule has 120 valence electrons. The Bertz CT molecular complexity index is 725. The van der Waals surface area contributed by atoms with E-state index < -0.39 is 0 Å². The van der Waals surface area contributed by atoms with Gasteiger partial charge < -0.3 is 15.7 Å². The van der Waals surface area contributed by atoms with E-state index in [-0.39, 0.29) is 23.5 Å². The molecule has 0 bridgehead atoms. The molecular formula is C18H20N2O3. The minimum atomic E-state index is -0.306. The Morgan fingerprint density at radius 3 is 2.26 bits per heavy atom. The quantitative estimate of drug-likeness (QED) is 0.755. The highest BCUT2D eigenvalue weighted by Gasteiger charge is 2.14. The van der Waals surface area contributed by atoms with Crippen LogP contribution in [0.2, 0.25) is 0 Å². The van der Waals surface area contributed by atoms with E-state index in [2.05, 4.69) is 10.6 Å². The number of nitrogens with one attached hydrogen (secondary N) is 2. The number of aromatic hydroxyl groups is 1. The van der Waals surface area contributed by atoms with Gasteiger partial charge >= 0.3 is 0 Å². The maximum atomic E-state index is 12.1. The molecule has 0 fully saturated rings. The highest BCUT2D eigenvalue weighted by molar-refractivity contribution is 6.05. The average Bonchev–Trinajstić information content (AvgIpc) is 2.52. The number of anilines is 2. The van der Waals surface area contributed by atoms with Gasteiger partial charge in [-0.15, -0.1) is 0 Å². The third kappa shape index (κ3) is 4.10. The first-order valence-corrected chi connectivity index (χ1v) is 7.39.